The molecular formula is C112H104BrF8IN6O16S2. The number of ketones is 7. The minimum atomic E-state index is -0.581. The van der Waals surface area contributed by atoms with Gasteiger partial charge in [-0.1, -0.05) is 28.1 Å². The second-order valence-corrected chi connectivity index (χ2v) is 36.1. The van der Waals surface area contributed by atoms with Crippen molar-refractivity contribution < 1.29 is 111 Å². The Morgan fingerprint density at radius 3 is 1.02 bits per heavy atom. The number of ether oxygens (including phenoxy) is 8. The standard InChI is InChI=1S/C23H18FN3O3S.C17H15FN2O2S.C16H14BrFO3.C16H15FO3.C12H13FO2.C10H11FO.C9H8FIO.C9H10FNO/c1-14-11-18(30-17-5-3-16(29-2)4-6-17)12-19(24)21(14)20-13-31-23(26-20)27-22(28)15-7-9-25-10-8-15;1-10-7-13(22-12-5-3-11(21-2)4-6-12)8-14(18)16(10)15-9-23-17(19)20-15;1-10-7-13(8-14(18)16(10)15(19)9-17)21-12-5-3-11(20-2)4-6-12;1-10-8-14(9-15(17)16(10)11(2)18)20-13-6-4-12(19-3)5-7-13;1-7-4-10(5-8(2)14)6-11(13)12(7)9(3)15;1-7-3-9(5-8(2)12)6-10(11)4-7;2*1-5-3-7(11)4-8(10)9(5)6(2)12/h3-13H,1-2H3,(H,26,27,28);3-9H,1-2H3,(H2,19,20);3-8H,9H2,1-2H3;4-9H,1-3H3;4,6H,5H2,1-3H3;3-4,6H,5H2,1-2H3;3-4H,1-2H3;3-4H,11H2,1-2H3. The number of anilines is 3. The average Bonchev–Trinajstić information content (AvgIpc) is 1.58. The molecule has 15 aromatic rings. The molecule has 0 saturated heterocycles. The van der Waals surface area contributed by atoms with Crippen LogP contribution in [0.1, 0.15) is 159 Å². The molecule has 0 atom stereocenters. The number of hydrogen-bond acceptors (Lipinski definition) is 23. The van der Waals surface area contributed by atoms with Gasteiger partial charge in [-0.05, 0) is 351 Å². The molecule has 5 N–H and O–H groups in total. The van der Waals surface area contributed by atoms with Crippen LogP contribution in [0.3, 0.4) is 0 Å². The number of carbonyl (C=O) groups is 8. The Bertz CT molecular complexity index is 6930. The fraction of sp³-hybridized carbons (Fsp3) is 0.188. The Hall–Kier alpha value is -15.1. The first-order valence-corrected chi connectivity index (χ1v) is 48.2. The summed E-state index contributed by atoms with van der Waals surface area (Å²) < 4.78 is 153. The summed E-state index contributed by atoms with van der Waals surface area (Å²) in [5.41, 5.74) is 20.8. The van der Waals surface area contributed by atoms with E-state index in [9.17, 15) is 73.5 Å². The molecule has 146 heavy (non-hydrogen) atoms. The SMILES string of the molecule is CC(=O)Cc1cc(C)c(C(C)=O)c(F)c1.CC(=O)Cc1cc(C)cc(F)c1.CC(=O)c1c(C)cc(I)cc1F.CC(=O)c1c(C)cc(N)cc1F.COc1ccc(Oc2cc(C)c(-c3csc(N)n3)c(F)c2)cc1.COc1ccc(Oc2cc(C)c(-c3csc(NC(=O)c4ccncc4)n3)c(F)c2)cc1.COc1ccc(Oc2cc(C)c(C(=O)CBr)c(F)c2)cc1.COc1ccc(Oc2cc(C)c(C(C)=O)c(F)c2)cc1. The van der Waals surface area contributed by atoms with E-state index in [2.05, 4.69) is 36.2 Å². The van der Waals surface area contributed by atoms with Crippen LogP contribution in [-0.2, 0) is 22.4 Å². The molecule has 760 valence electrons. The Morgan fingerprint density at radius 2 is 0.685 bits per heavy atom. The number of thiazole rings is 2. The van der Waals surface area contributed by atoms with Crippen molar-refractivity contribution in [3.63, 3.8) is 0 Å². The number of carbonyl (C=O) groups excluding carboxylic acids is 8. The molecule has 0 bridgehead atoms. The predicted molar refractivity (Wildman–Crippen MR) is 564 cm³/mol. The summed E-state index contributed by atoms with van der Waals surface area (Å²) in [6.45, 7) is 22.2. The lowest BCUT2D eigenvalue weighted by Gasteiger charge is -2.11. The number of nitrogens with two attached hydrogens (primary N) is 2. The lowest BCUT2D eigenvalue weighted by atomic mass is 9.99. The number of benzene rings is 12. The minimum absolute atomic E-state index is 0.0237. The number of nitrogens with one attached hydrogen (secondary N) is 1. The number of nitrogens with zero attached hydrogens (tertiary/aromatic N) is 3. The van der Waals surface area contributed by atoms with Gasteiger partial charge in [-0.2, -0.15) is 0 Å². The molecule has 0 fully saturated rings. The molecule has 15 rings (SSSR count). The van der Waals surface area contributed by atoms with Gasteiger partial charge in [0.2, 0.25) is 0 Å². The van der Waals surface area contributed by atoms with Gasteiger partial charge in [0.15, 0.2) is 39.2 Å². The highest BCUT2D eigenvalue weighted by Crippen LogP contribution is 2.39. The Morgan fingerprint density at radius 1 is 0.356 bits per heavy atom. The minimum Gasteiger partial charge on any atom is -0.497 e. The number of amides is 1. The molecule has 0 aliphatic rings. The number of rotatable bonds is 26. The number of alkyl halides is 1. The van der Waals surface area contributed by atoms with E-state index in [4.69, 9.17) is 49.4 Å². The molecule has 3 heterocycles. The number of hydrogen-bond donors (Lipinski definition) is 3. The van der Waals surface area contributed by atoms with Crippen molar-refractivity contribution in [2.45, 2.75) is 110 Å². The van der Waals surface area contributed by atoms with Crippen molar-refractivity contribution in [3.05, 3.63) is 375 Å². The summed E-state index contributed by atoms with van der Waals surface area (Å²) in [4.78, 5) is 102. The van der Waals surface area contributed by atoms with Crippen LogP contribution in [0.4, 0.5) is 51.1 Å². The van der Waals surface area contributed by atoms with Gasteiger partial charge >= 0.3 is 0 Å². The van der Waals surface area contributed by atoms with Gasteiger partial charge in [0.25, 0.3) is 5.91 Å². The summed E-state index contributed by atoms with van der Waals surface area (Å²) in [7, 11) is 6.34. The Balaban J connectivity index is 0.000000208. The molecule has 0 saturated carbocycles. The van der Waals surface area contributed by atoms with E-state index in [1.807, 2.05) is 42.5 Å². The van der Waals surface area contributed by atoms with Crippen LogP contribution in [0.5, 0.6) is 69.0 Å². The van der Waals surface area contributed by atoms with Crippen LogP contribution >= 0.6 is 61.2 Å². The van der Waals surface area contributed by atoms with Crippen LogP contribution in [0.15, 0.2) is 235 Å². The monoisotopic (exact) mass is 2210 g/mol. The second kappa shape index (κ2) is 55.6. The highest BCUT2D eigenvalue weighted by atomic mass is 127. The molecule has 22 nitrogen and oxygen atoms in total. The maximum atomic E-state index is 14.9. The third-order valence-electron chi connectivity index (χ3n) is 20.7. The third-order valence-corrected chi connectivity index (χ3v) is 23.2. The molecule has 0 spiro atoms. The molecule has 0 unspecified atom stereocenters. The van der Waals surface area contributed by atoms with E-state index in [0.29, 0.717) is 153 Å². The van der Waals surface area contributed by atoms with Gasteiger partial charge in [0.05, 0.1) is 73.0 Å². The van der Waals surface area contributed by atoms with Crippen molar-refractivity contribution in [1.82, 2.24) is 15.0 Å². The van der Waals surface area contributed by atoms with Crippen LogP contribution < -0.4 is 54.7 Å². The second-order valence-electron chi connectivity index (χ2n) is 32.5. The van der Waals surface area contributed by atoms with Crippen LogP contribution in [0.25, 0.3) is 22.5 Å². The van der Waals surface area contributed by atoms with Gasteiger partial charge < -0.3 is 49.4 Å². The molecule has 34 heteroatoms. The number of methoxy groups -OCH3 is 4. The summed E-state index contributed by atoms with van der Waals surface area (Å²) in [6.07, 6.45) is 3.60. The number of Topliss-reactive ketones (excluding diaryl/α,β-unsaturated/α-hetero) is 7. The third kappa shape index (κ3) is 35.1. The highest BCUT2D eigenvalue weighted by Gasteiger charge is 2.23. The maximum Gasteiger partial charge on any atom is 0.257 e. The van der Waals surface area contributed by atoms with E-state index >= 15 is 0 Å². The molecule has 3 aromatic heterocycles. The van der Waals surface area contributed by atoms with E-state index in [1.165, 1.54) is 125 Å². The number of aryl methyl sites for hydroxylation is 8. The summed E-state index contributed by atoms with van der Waals surface area (Å²) in [5.74, 6) is 1.27. The molecular weight excluding hydrogens is 2110 g/mol. The molecule has 0 aliphatic heterocycles. The lowest BCUT2D eigenvalue weighted by molar-refractivity contribution is -0.117. The fourth-order valence-corrected chi connectivity index (χ4v) is 16.7. The number of pyridine rings is 1. The van der Waals surface area contributed by atoms with Gasteiger partial charge in [-0.25, -0.2) is 45.1 Å². The number of halogens is 10. The summed E-state index contributed by atoms with van der Waals surface area (Å²) >= 11 is 7.58. The highest BCUT2D eigenvalue weighted by molar-refractivity contribution is 14.1. The fourth-order valence-electron chi connectivity index (χ4n) is 14.5. The average molecular weight is 2210 g/mol. The van der Waals surface area contributed by atoms with E-state index < -0.39 is 34.9 Å². The first-order chi connectivity index (χ1) is 69.2. The molecule has 1 amide bonds. The van der Waals surface area contributed by atoms with Crippen molar-refractivity contribution in [2.24, 2.45) is 0 Å². The largest absolute Gasteiger partial charge is 0.497 e. The Labute approximate surface area is 870 Å². The van der Waals surface area contributed by atoms with Gasteiger partial charge in [0, 0.05) is 86.2 Å². The first-order valence-electron chi connectivity index (χ1n) is 44.2. The van der Waals surface area contributed by atoms with Crippen molar-refractivity contribution in [3.8, 4) is 91.5 Å². The lowest BCUT2D eigenvalue weighted by Crippen LogP contribution is -2.11. The molecule has 12 aromatic carbocycles. The smallest absolute Gasteiger partial charge is 0.257 e. The van der Waals surface area contributed by atoms with Crippen molar-refractivity contribution in [2.75, 3.05) is 50.6 Å². The quantitative estimate of drug-likeness (QED) is 0.0149. The Kier molecular flexibility index (Phi) is 44.3. The van der Waals surface area contributed by atoms with Gasteiger partial charge in [0.1, 0.15) is 127 Å². The van der Waals surface area contributed by atoms with E-state index in [-0.39, 0.29) is 97.6 Å². The zero-order valence-electron chi connectivity index (χ0n) is 82.8. The van der Waals surface area contributed by atoms with Crippen LogP contribution in [0.2, 0.25) is 0 Å². The maximum absolute atomic E-state index is 14.9. The van der Waals surface area contributed by atoms with Crippen LogP contribution in [0, 0.1) is 105 Å². The topological polar surface area (TPSA) is 313 Å². The summed E-state index contributed by atoms with van der Waals surface area (Å²) in [5, 5.41) is 7.06. The van der Waals surface area contributed by atoms with Gasteiger partial charge in [-0.15, -0.1) is 22.7 Å². The van der Waals surface area contributed by atoms with E-state index in [1.54, 1.807) is 232 Å². The zero-order valence-corrected chi connectivity index (χ0v) is 88.1. The summed E-state index contributed by atoms with van der Waals surface area (Å²) in [6, 6.07) is 56.7. The number of aromatic nitrogens is 3. The predicted octanol–water partition coefficient (Wildman–Crippen LogP) is 28.6. The van der Waals surface area contributed by atoms with Crippen LogP contribution in [-0.4, -0.2) is 95.1 Å². The zero-order chi connectivity index (χ0) is 108. The molecule has 0 aliphatic carbocycles. The first kappa shape index (κ1) is 116. The van der Waals surface area contributed by atoms with Crippen molar-refractivity contribution in [1.29, 1.82) is 0 Å². The van der Waals surface area contributed by atoms with Crippen molar-refractivity contribution >= 4 is 124 Å². The number of nitrogen functional groups attached to an aromatic ring is 2. The van der Waals surface area contributed by atoms with Gasteiger partial charge in [-0.3, -0.25) is 48.7 Å². The van der Waals surface area contributed by atoms with E-state index in [0.717, 1.165) is 32.1 Å². The normalized spacial score (nSPS) is 10.3. The molecule has 0 radical (unpaired) electrons.